The highest BCUT2D eigenvalue weighted by Crippen LogP contribution is 2.28. The minimum Gasteiger partial charge on any atom is -0.493 e. The third-order valence-corrected chi connectivity index (χ3v) is 3.93. The van der Waals surface area contributed by atoms with Gasteiger partial charge in [0.15, 0.2) is 11.5 Å². The average molecular weight is 370 g/mol. The predicted octanol–water partition coefficient (Wildman–Crippen LogP) is 1.71. The first-order valence-electron chi connectivity index (χ1n) is 8.37. The zero-order valence-electron chi connectivity index (χ0n) is 14.8. The molecule has 2 N–H and O–H groups in total. The first kappa shape index (κ1) is 21.3. The molecule has 25 heavy (non-hydrogen) atoms. The second-order valence-electron chi connectivity index (χ2n) is 5.67. The van der Waals surface area contributed by atoms with Gasteiger partial charge in [0.25, 0.3) is 5.91 Å². The highest BCUT2D eigenvalue weighted by Gasteiger charge is 2.12. The Hall–Kier alpha value is -1.76. The van der Waals surface area contributed by atoms with Crippen molar-refractivity contribution in [2.75, 3.05) is 53.0 Å². The number of hydrogen-bond acceptors (Lipinski definition) is 5. The molecule has 1 aliphatic heterocycles. The summed E-state index contributed by atoms with van der Waals surface area (Å²) in [4.78, 5) is 14.7. The second kappa shape index (κ2) is 11.7. The second-order valence-corrected chi connectivity index (χ2v) is 5.67. The molecule has 0 saturated carbocycles. The fourth-order valence-corrected chi connectivity index (χ4v) is 2.62. The quantitative estimate of drug-likeness (QED) is 0.512. The van der Waals surface area contributed by atoms with Crippen LogP contribution in [-0.2, 0) is 0 Å². The molecule has 6 nitrogen and oxygen atoms in total. The standard InChI is InChI=1S/C18H27N3O3.ClH/c1-3-13-24-16-6-5-15(14-17(16)23-2)18(22)20-7-4-10-21-11-8-19-9-12-21;/h3,5-6,14,19H,1,4,7-13H2,2H3,(H,20,22);1H. The number of ether oxygens (including phenoxy) is 2. The van der Waals surface area contributed by atoms with Crippen LogP contribution in [-0.4, -0.2) is 63.8 Å². The zero-order chi connectivity index (χ0) is 17.2. The van der Waals surface area contributed by atoms with Gasteiger partial charge in [-0.1, -0.05) is 12.7 Å². The topological polar surface area (TPSA) is 62.8 Å². The number of benzene rings is 1. The molecule has 1 heterocycles. The van der Waals surface area contributed by atoms with E-state index >= 15 is 0 Å². The van der Waals surface area contributed by atoms with Crippen LogP contribution in [0.2, 0.25) is 0 Å². The third kappa shape index (κ3) is 6.94. The van der Waals surface area contributed by atoms with E-state index in [-0.39, 0.29) is 18.3 Å². The van der Waals surface area contributed by atoms with Gasteiger partial charge in [0.05, 0.1) is 7.11 Å². The summed E-state index contributed by atoms with van der Waals surface area (Å²) in [7, 11) is 1.56. The van der Waals surface area contributed by atoms with Crippen molar-refractivity contribution in [3.05, 3.63) is 36.4 Å². The lowest BCUT2D eigenvalue weighted by Gasteiger charge is -2.27. The molecule has 0 aromatic heterocycles. The summed E-state index contributed by atoms with van der Waals surface area (Å²) in [6.07, 6.45) is 2.61. The summed E-state index contributed by atoms with van der Waals surface area (Å²) in [6.45, 7) is 9.95. The average Bonchev–Trinajstić information content (AvgIpc) is 2.64. The summed E-state index contributed by atoms with van der Waals surface area (Å²) in [5.74, 6) is 1.06. The van der Waals surface area contributed by atoms with Crippen LogP contribution in [0, 0.1) is 0 Å². The van der Waals surface area contributed by atoms with E-state index in [9.17, 15) is 4.79 Å². The number of amides is 1. The van der Waals surface area contributed by atoms with Crippen molar-refractivity contribution in [3.63, 3.8) is 0 Å². The number of piperazine rings is 1. The molecule has 2 rings (SSSR count). The molecule has 1 aliphatic rings. The fourth-order valence-electron chi connectivity index (χ4n) is 2.62. The number of carbonyl (C=O) groups excluding carboxylic acids is 1. The van der Waals surface area contributed by atoms with E-state index in [1.165, 1.54) is 0 Å². The summed E-state index contributed by atoms with van der Waals surface area (Å²) >= 11 is 0. The van der Waals surface area contributed by atoms with Crippen molar-refractivity contribution >= 4 is 18.3 Å². The molecule has 0 spiro atoms. The van der Waals surface area contributed by atoms with Gasteiger partial charge >= 0.3 is 0 Å². The number of hydrogen-bond donors (Lipinski definition) is 2. The first-order valence-corrected chi connectivity index (χ1v) is 8.37. The van der Waals surface area contributed by atoms with Crippen molar-refractivity contribution in [2.45, 2.75) is 6.42 Å². The molecule has 0 atom stereocenters. The van der Waals surface area contributed by atoms with Gasteiger partial charge in [0.2, 0.25) is 0 Å². The summed E-state index contributed by atoms with van der Waals surface area (Å²) < 4.78 is 10.8. The molecule has 1 fully saturated rings. The van der Waals surface area contributed by atoms with E-state index in [0.29, 0.717) is 30.2 Å². The normalized spacial score (nSPS) is 14.3. The lowest BCUT2D eigenvalue weighted by Crippen LogP contribution is -2.44. The molecule has 0 radical (unpaired) electrons. The highest BCUT2D eigenvalue weighted by atomic mass is 35.5. The van der Waals surface area contributed by atoms with Crippen molar-refractivity contribution in [2.24, 2.45) is 0 Å². The molecule has 1 amide bonds. The largest absolute Gasteiger partial charge is 0.493 e. The Morgan fingerprint density at radius 2 is 2.12 bits per heavy atom. The summed E-state index contributed by atoms with van der Waals surface area (Å²) in [5, 5.41) is 6.29. The van der Waals surface area contributed by atoms with Gasteiger partial charge in [-0.2, -0.15) is 0 Å². The predicted molar refractivity (Wildman–Crippen MR) is 102 cm³/mol. The molecular weight excluding hydrogens is 342 g/mol. The Kier molecular flexibility index (Phi) is 9.99. The van der Waals surface area contributed by atoms with Crippen molar-refractivity contribution in [1.82, 2.24) is 15.5 Å². The van der Waals surface area contributed by atoms with Gasteiger partial charge < -0.3 is 25.0 Å². The number of nitrogens with one attached hydrogen (secondary N) is 2. The summed E-state index contributed by atoms with van der Waals surface area (Å²) in [5.41, 5.74) is 0.569. The van der Waals surface area contributed by atoms with Gasteiger partial charge in [-0.3, -0.25) is 4.79 Å². The Labute approximate surface area is 156 Å². The Balaban J connectivity index is 0.00000312. The third-order valence-electron chi connectivity index (χ3n) is 3.93. The monoisotopic (exact) mass is 369 g/mol. The van der Waals surface area contributed by atoms with E-state index in [1.54, 1.807) is 31.4 Å². The first-order chi connectivity index (χ1) is 11.7. The molecule has 0 unspecified atom stereocenters. The van der Waals surface area contributed by atoms with E-state index in [1.807, 2.05) is 0 Å². The SMILES string of the molecule is C=CCOc1ccc(C(=O)NCCCN2CCNCC2)cc1OC.Cl. The molecule has 0 aliphatic carbocycles. The molecule has 1 aromatic carbocycles. The van der Waals surface area contributed by atoms with Crippen molar-refractivity contribution in [3.8, 4) is 11.5 Å². The van der Waals surface area contributed by atoms with Crippen LogP contribution in [0.4, 0.5) is 0 Å². The van der Waals surface area contributed by atoms with Crippen LogP contribution < -0.4 is 20.1 Å². The Bertz CT molecular complexity index is 548. The van der Waals surface area contributed by atoms with Gasteiger partial charge in [0, 0.05) is 38.3 Å². The van der Waals surface area contributed by atoms with Crippen LogP contribution in [0.1, 0.15) is 16.8 Å². The lowest BCUT2D eigenvalue weighted by atomic mass is 10.2. The maximum atomic E-state index is 12.2. The molecule has 7 heteroatoms. The zero-order valence-corrected chi connectivity index (χ0v) is 15.6. The van der Waals surface area contributed by atoms with Crippen molar-refractivity contribution in [1.29, 1.82) is 0 Å². The smallest absolute Gasteiger partial charge is 0.251 e. The van der Waals surface area contributed by atoms with Gasteiger partial charge in [-0.15, -0.1) is 12.4 Å². The maximum absolute atomic E-state index is 12.2. The van der Waals surface area contributed by atoms with Crippen LogP contribution in [0.15, 0.2) is 30.9 Å². The van der Waals surface area contributed by atoms with Crippen LogP contribution in [0.5, 0.6) is 11.5 Å². The van der Waals surface area contributed by atoms with E-state index in [0.717, 1.165) is 39.1 Å². The van der Waals surface area contributed by atoms with Crippen LogP contribution in [0.3, 0.4) is 0 Å². The summed E-state index contributed by atoms with van der Waals surface area (Å²) in [6, 6.07) is 5.19. The number of halogens is 1. The van der Waals surface area contributed by atoms with Gasteiger partial charge in [-0.05, 0) is 31.2 Å². The number of methoxy groups -OCH3 is 1. The Morgan fingerprint density at radius 1 is 1.36 bits per heavy atom. The van der Waals surface area contributed by atoms with Gasteiger partial charge in [-0.25, -0.2) is 0 Å². The minimum atomic E-state index is -0.0936. The highest BCUT2D eigenvalue weighted by molar-refractivity contribution is 5.94. The number of rotatable bonds is 9. The Morgan fingerprint density at radius 3 is 2.80 bits per heavy atom. The fraction of sp³-hybridized carbons (Fsp3) is 0.500. The minimum absolute atomic E-state index is 0. The lowest BCUT2D eigenvalue weighted by molar-refractivity contribution is 0.0951. The molecule has 1 saturated heterocycles. The maximum Gasteiger partial charge on any atom is 0.251 e. The molecule has 0 bridgehead atoms. The van der Waals surface area contributed by atoms with E-state index < -0.39 is 0 Å². The van der Waals surface area contributed by atoms with E-state index in [4.69, 9.17) is 9.47 Å². The number of carbonyl (C=O) groups is 1. The molecule has 140 valence electrons. The molecular formula is C18H28ClN3O3. The van der Waals surface area contributed by atoms with Crippen LogP contribution >= 0.6 is 12.4 Å². The number of nitrogens with zero attached hydrogens (tertiary/aromatic N) is 1. The van der Waals surface area contributed by atoms with Gasteiger partial charge in [0.1, 0.15) is 6.61 Å². The van der Waals surface area contributed by atoms with E-state index in [2.05, 4.69) is 22.1 Å². The van der Waals surface area contributed by atoms with Crippen molar-refractivity contribution < 1.29 is 14.3 Å². The van der Waals surface area contributed by atoms with Crippen LogP contribution in [0.25, 0.3) is 0 Å². The molecule has 1 aromatic rings.